The van der Waals surface area contributed by atoms with Crippen LogP contribution >= 0.6 is 11.3 Å². The summed E-state index contributed by atoms with van der Waals surface area (Å²) in [6, 6.07) is 7.63. The van der Waals surface area contributed by atoms with Gasteiger partial charge in [-0.05, 0) is 25.5 Å². The van der Waals surface area contributed by atoms with Gasteiger partial charge < -0.3 is 16.0 Å². The van der Waals surface area contributed by atoms with Crippen LogP contribution in [-0.4, -0.2) is 20.9 Å². The molecule has 114 valence electrons. The molecule has 7 heteroatoms. The lowest BCUT2D eigenvalue weighted by atomic mass is 10.2. The van der Waals surface area contributed by atoms with Crippen LogP contribution in [0.15, 0.2) is 29.6 Å². The van der Waals surface area contributed by atoms with Crippen molar-refractivity contribution in [2.45, 2.75) is 25.8 Å². The Morgan fingerprint density at radius 2 is 2.23 bits per heavy atom. The molecule has 0 aliphatic heterocycles. The van der Waals surface area contributed by atoms with E-state index in [1.807, 2.05) is 36.6 Å². The molecule has 0 fully saturated rings. The number of thiazole rings is 1. The molecule has 2 aromatic heterocycles. The van der Waals surface area contributed by atoms with Crippen molar-refractivity contribution in [1.82, 2.24) is 20.3 Å². The minimum Gasteiger partial charge on any atom is -0.375 e. The predicted molar refractivity (Wildman–Crippen MR) is 87.5 cm³/mol. The van der Waals surface area contributed by atoms with Gasteiger partial charge >= 0.3 is 0 Å². The van der Waals surface area contributed by atoms with Gasteiger partial charge in [0.2, 0.25) is 5.91 Å². The molecule has 3 aromatic rings. The van der Waals surface area contributed by atoms with Gasteiger partial charge in [-0.3, -0.25) is 4.79 Å². The number of hydrogen-bond donors (Lipinski definition) is 3. The number of nitrogens with zero attached hydrogens (tertiary/aromatic N) is 2. The van der Waals surface area contributed by atoms with Crippen molar-refractivity contribution in [3.63, 3.8) is 0 Å². The molecule has 22 heavy (non-hydrogen) atoms. The third-order valence-corrected chi connectivity index (χ3v) is 4.10. The lowest BCUT2D eigenvalue weighted by Crippen LogP contribution is -2.27. The molecule has 0 aliphatic carbocycles. The third-order valence-electron chi connectivity index (χ3n) is 3.37. The fourth-order valence-electron chi connectivity index (χ4n) is 2.24. The number of nitrogens with two attached hydrogens (primary N) is 1. The number of aryl methyl sites for hydroxylation is 1. The summed E-state index contributed by atoms with van der Waals surface area (Å²) in [5.41, 5.74) is 8.30. The van der Waals surface area contributed by atoms with Crippen LogP contribution < -0.4 is 11.1 Å². The van der Waals surface area contributed by atoms with Crippen molar-refractivity contribution < 1.29 is 4.79 Å². The first-order chi connectivity index (χ1) is 10.6. The number of aromatic nitrogens is 3. The summed E-state index contributed by atoms with van der Waals surface area (Å²) in [4.78, 5) is 23.9. The molecule has 1 atom stereocenters. The first-order valence-corrected chi connectivity index (χ1v) is 7.93. The van der Waals surface area contributed by atoms with E-state index in [0.29, 0.717) is 18.0 Å². The number of hydrogen-bond acceptors (Lipinski definition) is 5. The Morgan fingerprint density at radius 3 is 2.95 bits per heavy atom. The van der Waals surface area contributed by atoms with Gasteiger partial charge in [-0.2, -0.15) is 0 Å². The van der Waals surface area contributed by atoms with Crippen LogP contribution in [0, 0.1) is 0 Å². The molecule has 0 aliphatic rings. The summed E-state index contributed by atoms with van der Waals surface area (Å²) < 4.78 is 0. The first kappa shape index (κ1) is 14.5. The molecular weight excluding hydrogens is 298 g/mol. The number of nitrogens with one attached hydrogen (secondary N) is 2. The number of aromatic amines is 1. The SMILES string of the molecule is C[C@H](NC(=O)CCc1csc(N)n1)c1nc2ccccc2[nH]1. The van der Waals surface area contributed by atoms with E-state index < -0.39 is 0 Å². The minimum absolute atomic E-state index is 0.0282. The fraction of sp³-hybridized carbons (Fsp3) is 0.267. The molecule has 0 unspecified atom stereocenters. The Kier molecular flexibility index (Phi) is 4.06. The van der Waals surface area contributed by atoms with Gasteiger partial charge in [-0.1, -0.05) is 12.1 Å². The second-order valence-corrected chi connectivity index (χ2v) is 6.00. The quantitative estimate of drug-likeness (QED) is 0.673. The number of carbonyl (C=O) groups excluding carboxylic acids is 1. The van der Waals surface area contributed by atoms with Crippen molar-refractivity contribution in [3.8, 4) is 0 Å². The lowest BCUT2D eigenvalue weighted by molar-refractivity contribution is -0.121. The van der Waals surface area contributed by atoms with Crippen LogP contribution in [0.25, 0.3) is 11.0 Å². The molecule has 2 heterocycles. The van der Waals surface area contributed by atoms with Crippen molar-refractivity contribution >= 4 is 33.4 Å². The van der Waals surface area contributed by atoms with E-state index in [-0.39, 0.29) is 11.9 Å². The van der Waals surface area contributed by atoms with E-state index in [1.54, 1.807) is 0 Å². The summed E-state index contributed by atoms with van der Waals surface area (Å²) in [6.45, 7) is 1.91. The van der Waals surface area contributed by atoms with Crippen molar-refractivity contribution in [2.24, 2.45) is 0 Å². The summed E-state index contributed by atoms with van der Waals surface area (Å²) in [6.07, 6.45) is 0.972. The molecule has 3 rings (SSSR count). The molecule has 1 aromatic carbocycles. The van der Waals surface area contributed by atoms with Gasteiger partial charge in [0.25, 0.3) is 0 Å². The van der Waals surface area contributed by atoms with E-state index in [2.05, 4.69) is 20.3 Å². The predicted octanol–water partition coefficient (Wildman–Crippen LogP) is 2.41. The topological polar surface area (TPSA) is 96.7 Å². The molecule has 0 saturated heterocycles. The Morgan fingerprint density at radius 1 is 1.41 bits per heavy atom. The third kappa shape index (κ3) is 3.25. The smallest absolute Gasteiger partial charge is 0.220 e. The van der Waals surface area contributed by atoms with E-state index in [1.165, 1.54) is 11.3 Å². The molecule has 0 saturated carbocycles. The van der Waals surface area contributed by atoms with Gasteiger partial charge in [-0.15, -0.1) is 11.3 Å². The van der Waals surface area contributed by atoms with Crippen LogP contribution in [-0.2, 0) is 11.2 Å². The zero-order chi connectivity index (χ0) is 15.5. The van der Waals surface area contributed by atoms with Gasteiger partial charge in [0.1, 0.15) is 5.82 Å². The molecule has 6 nitrogen and oxygen atoms in total. The number of benzene rings is 1. The number of rotatable bonds is 5. The van der Waals surface area contributed by atoms with Crippen molar-refractivity contribution in [3.05, 3.63) is 41.2 Å². The number of anilines is 1. The Hall–Kier alpha value is -2.41. The van der Waals surface area contributed by atoms with Crippen LogP contribution in [0.3, 0.4) is 0 Å². The number of H-pyrrole nitrogens is 1. The number of carbonyl (C=O) groups is 1. The second kappa shape index (κ2) is 6.15. The zero-order valence-corrected chi connectivity index (χ0v) is 13.0. The number of para-hydroxylation sites is 2. The fourth-order valence-corrected chi connectivity index (χ4v) is 2.84. The number of imidazole rings is 1. The monoisotopic (exact) mass is 315 g/mol. The van der Waals surface area contributed by atoms with E-state index in [4.69, 9.17) is 5.73 Å². The summed E-state index contributed by atoms with van der Waals surface area (Å²) >= 11 is 1.39. The van der Waals surface area contributed by atoms with Crippen molar-refractivity contribution in [1.29, 1.82) is 0 Å². The van der Waals surface area contributed by atoms with E-state index in [0.717, 1.165) is 22.6 Å². The highest BCUT2D eigenvalue weighted by molar-refractivity contribution is 7.13. The molecule has 0 bridgehead atoms. The standard InChI is InChI=1S/C15H17N5OS/c1-9(14-19-11-4-2-3-5-12(11)20-14)17-13(21)7-6-10-8-22-15(16)18-10/h2-5,8-9H,6-7H2,1H3,(H2,16,18)(H,17,21)(H,19,20)/t9-/m0/s1. The number of fused-ring (bicyclic) bond motifs is 1. The van der Waals surface area contributed by atoms with Gasteiger partial charge in [-0.25, -0.2) is 9.97 Å². The van der Waals surface area contributed by atoms with Crippen LogP contribution in [0.4, 0.5) is 5.13 Å². The average molecular weight is 315 g/mol. The van der Waals surface area contributed by atoms with Crippen LogP contribution in [0.5, 0.6) is 0 Å². The summed E-state index contributed by atoms with van der Waals surface area (Å²) in [5.74, 6) is 0.729. The molecule has 0 spiro atoms. The normalized spacial score (nSPS) is 12.4. The molecule has 1 amide bonds. The second-order valence-electron chi connectivity index (χ2n) is 5.11. The lowest BCUT2D eigenvalue weighted by Gasteiger charge is -2.10. The highest BCUT2D eigenvalue weighted by atomic mass is 32.1. The van der Waals surface area contributed by atoms with Crippen LogP contribution in [0.2, 0.25) is 0 Å². The van der Waals surface area contributed by atoms with Gasteiger partial charge in [0, 0.05) is 11.8 Å². The number of amides is 1. The summed E-state index contributed by atoms with van der Waals surface area (Å²) in [5, 5.41) is 5.36. The highest BCUT2D eigenvalue weighted by Gasteiger charge is 2.13. The Labute approximate surface area is 131 Å². The average Bonchev–Trinajstić information content (AvgIpc) is 3.11. The molecular formula is C15H17N5OS. The van der Waals surface area contributed by atoms with Gasteiger partial charge in [0.15, 0.2) is 5.13 Å². The van der Waals surface area contributed by atoms with Crippen LogP contribution in [0.1, 0.15) is 30.9 Å². The molecule has 4 N–H and O–H groups in total. The molecule has 0 radical (unpaired) electrons. The van der Waals surface area contributed by atoms with Crippen molar-refractivity contribution in [2.75, 3.05) is 5.73 Å². The largest absolute Gasteiger partial charge is 0.375 e. The maximum Gasteiger partial charge on any atom is 0.220 e. The zero-order valence-electron chi connectivity index (χ0n) is 12.2. The Bertz CT molecular complexity index is 761. The first-order valence-electron chi connectivity index (χ1n) is 7.05. The van der Waals surface area contributed by atoms with E-state index in [9.17, 15) is 4.79 Å². The number of nitrogen functional groups attached to an aromatic ring is 1. The summed E-state index contributed by atoms with van der Waals surface area (Å²) in [7, 11) is 0. The minimum atomic E-state index is -0.166. The Balaban J connectivity index is 1.58. The van der Waals surface area contributed by atoms with E-state index >= 15 is 0 Å². The highest BCUT2D eigenvalue weighted by Crippen LogP contribution is 2.16. The maximum absolute atomic E-state index is 12.0. The maximum atomic E-state index is 12.0. The van der Waals surface area contributed by atoms with Gasteiger partial charge in [0.05, 0.1) is 22.8 Å².